The van der Waals surface area contributed by atoms with Crippen molar-refractivity contribution in [1.82, 2.24) is 0 Å². The SMILES string of the molecule is C#CCOC(=O)c1cccc(-c2cc3ccccc3oc2=O)c1. The largest absolute Gasteiger partial charge is 0.449 e. The maximum Gasteiger partial charge on any atom is 0.344 e. The lowest BCUT2D eigenvalue weighted by molar-refractivity contribution is 0.0557. The highest BCUT2D eigenvalue weighted by Gasteiger charge is 2.11. The number of ether oxygens (including phenoxy) is 1. The van der Waals surface area contributed by atoms with Crippen LogP contribution in [0.3, 0.4) is 0 Å². The molecule has 4 nitrogen and oxygen atoms in total. The topological polar surface area (TPSA) is 56.5 Å². The summed E-state index contributed by atoms with van der Waals surface area (Å²) in [7, 11) is 0. The second kappa shape index (κ2) is 6.20. The first kappa shape index (κ1) is 14.6. The van der Waals surface area contributed by atoms with Crippen molar-refractivity contribution in [3.63, 3.8) is 0 Å². The van der Waals surface area contributed by atoms with Gasteiger partial charge in [0.25, 0.3) is 0 Å². The van der Waals surface area contributed by atoms with E-state index in [0.717, 1.165) is 5.39 Å². The minimum Gasteiger partial charge on any atom is -0.449 e. The zero-order valence-corrected chi connectivity index (χ0v) is 12.1. The lowest BCUT2D eigenvalue weighted by Gasteiger charge is -2.05. The van der Waals surface area contributed by atoms with Gasteiger partial charge in [-0.1, -0.05) is 36.3 Å². The third-order valence-corrected chi connectivity index (χ3v) is 3.34. The number of terminal acetylenes is 1. The number of hydrogen-bond acceptors (Lipinski definition) is 4. The summed E-state index contributed by atoms with van der Waals surface area (Å²) in [6.45, 7) is -0.0961. The second-order valence-corrected chi connectivity index (χ2v) is 4.85. The summed E-state index contributed by atoms with van der Waals surface area (Å²) in [5.41, 5.74) is 1.35. The summed E-state index contributed by atoms with van der Waals surface area (Å²) < 4.78 is 10.2. The van der Waals surface area contributed by atoms with E-state index in [2.05, 4.69) is 5.92 Å². The first-order valence-electron chi connectivity index (χ1n) is 6.93. The highest BCUT2D eigenvalue weighted by Crippen LogP contribution is 2.22. The van der Waals surface area contributed by atoms with E-state index in [9.17, 15) is 9.59 Å². The highest BCUT2D eigenvalue weighted by atomic mass is 16.5. The standard InChI is InChI=1S/C19H12O4/c1-2-10-22-18(20)15-8-5-7-13(11-15)16-12-14-6-3-4-9-17(14)23-19(16)21/h1,3-9,11-12H,10H2. The molecule has 0 aliphatic carbocycles. The lowest BCUT2D eigenvalue weighted by Crippen LogP contribution is -2.07. The molecule has 0 atom stereocenters. The van der Waals surface area contributed by atoms with Crippen molar-refractivity contribution in [2.45, 2.75) is 0 Å². The number of hydrogen-bond donors (Lipinski definition) is 0. The van der Waals surface area contributed by atoms with Gasteiger partial charge in [0.05, 0.1) is 11.1 Å². The molecule has 0 saturated carbocycles. The first-order valence-corrected chi connectivity index (χ1v) is 6.93. The molecule has 0 bridgehead atoms. The molecule has 23 heavy (non-hydrogen) atoms. The van der Waals surface area contributed by atoms with Crippen molar-refractivity contribution < 1.29 is 13.9 Å². The Kier molecular flexibility index (Phi) is 3.94. The molecule has 0 saturated heterocycles. The Morgan fingerprint density at radius 2 is 1.96 bits per heavy atom. The van der Waals surface area contributed by atoms with Crippen molar-refractivity contribution in [3.8, 4) is 23.5 Å². The number of carbonyl (C=O) groups excluding carboxylic acids is 1. The molecule has 3 rings (SSSR count). The van der Waals surface area contributed by atoms with Gasteiger partial charge in [-0.15, -0.1) is 6.42 Å². The molecule has 0 radical (unpaired) electrons. The molecule has 2 aromatic carbocycles. The van der Waals surface area contributed by atoms with Crippen LogP contribution in [0.5, 0.6) is 0 Å². The van der Waals surface area contributed by atoms with E-state index in [0.29, 0.717) is 22.3 Å². The fourth-order valence-electron chi connectivity index (χ4n) is 2.27. The first-order chi connectivity index (χ1) is 11.2. The second-order valence-electron chi connectivity index (χ2n) is 4.85. The van der Waals surface area contributed by atoms with E-state index in [1.807, 2.05) is 12.1 Å². The fourth-order valence-corrected chi connectivity index (χ4v) is 2.27. The molecular weight excluding hydrogens is 292 g/mol. The van der Waals surface area contributed by atoms with Gasteiger partial charge >= 0.3 is 11.6 Å². The van der Waals surface area contributed by atoms with Crippen LogP contribution in [0.2, 0.25) is 0 Å². The molecular formula is C19H12O4. The van der Waals surface area contributed by atoms with Crippen molar-refractivity contribution in [2.24, 2.45) is 0 Å². The molecule has 0 unspecified atom stereocenters. The quantitative estimate of drug-likeness (QED) is 0.423. The van der Waals surface area contributed by atoms with Crippen LogP contribution in [-0.2, 0) is 4.74 Å². The predicted molar refractivity (Wildman–Crippen MR) is 87.0 cm³/mol. The van der Waals surface area contributed by atoms with Crippen LogP contribution in [0, 0.1) is 12.3 Å². The molecule has 0 aliphatic rings. The van der Waals surface area contributed by atoms with Gasteiger partial charge in [-0.3, -0.25) is 0 Å². The van der Waals surface area contributed by atoms with Crippen LogP contribution >= 0.6 is 0 Å². The van der Waals surface area contributed by atoms with Crippen LogP contribution in [0.1, 0.15) is 10.4 Å². The molecule has 0 fully saturated rings. The summed E-state index contributed by atoms with van der Waals surface area (Å²) in [6, 6.07) is 15.6. The summed E-state index contributed by atoms with van der Waals surface area (Å²) in [6.07, 6.45) is 5.07. The molecule has 1 heterocycles. The number of esters is 1. The third-order valence-electron chi connectivity index (χ3n) is 3.34. The Bertz CT molecular complexity index is 976. The van der Waals surface area contributed by atoms with Crippen LogP contribution < -0.4 is 5.63 Å². The van der Waals surface area contributed by atoms with Gasteiger partial charge in [0.2, 0.25) is 0 Å². The van der Waals surface area contributed by atoms with Crippen LogP contribution in [0.4, 0.5) is 0 Å². The van der Waals surface area contributed by atoms with Gasteiger partial charge in [0.1, 0.15) is 5.58 Å². The Morgan fingerprint density at radius 3 is 2.78 bits per heavy atom. The Balaban J connectivity index is 2.05. The molecule has 112 valence electrons. The number of fused-ring (bicyclic) bond motifs is 1. The van der Waals surface area contributed by atoms with E-state index in [1.54, 1.807) is 42.5 Å². The number of carbonyl (C=O) groups is 1. The maximum absolute atomic E-state index is 12.2. The summed E-state index contributed by atoms with van der Waals surface area (Å²) in [5, 5.41) is 0.808. The van der Waals surface area contributed by atoms with Crippen LogP contribution in [0.15, 0.2) is 63.8 Å². The van der Waals surface area contributed by atoms with Crippen molar-refractivity contribution in [3.05, 3.63) is 70.6 Å². The van der Waals surface area contributed by atoms with Gasteiger partial charge < -0.3 is 9.15 Å². The minimum atomic E-state index is -0.532. The molecule has 0 spiro atoms. The van der Waals surface area contributed by atoms with E-state index in [4.69, 9.17) is 15.6 Å². The zero-order valence-electron chi connectivity index (χ0n) is 12.1. The van der Waals surface area contributed by atoms with Gasteiger partial charge in [-0.25, -0.2) is 9.59 Å². The molecule has 0 amide bonds. The molecule has 0 N–H and O–H groups in total. The maximum atomic E-state index is 12.2. The van der Waals surface area contributed by atoms with Crippen molar-refractivity contribution in [2.75, 3.05) is 6.61 Å². The lowest BCUT2D eigenvalue weighted by atomic mass is 10.0. The molecule has 1 aromatic heterocycles. The smallest absolute Gasteiger partial charge is 0.344 e. The average Bonchev–Trinajstić information content (AvgIpc) is 2.59. The highest BCUT2D eigenvalue weighted by molar-refractivity contribution is 5.91. The number of benzene rings is 2. The van der Waals surface area contributed by atoms with Crippen LogP contribution in [0.25, 0.3) is 22.1 Å². The minimum absolute atomic E-state index is 0.0961. The Labute approximate surface area is 132 Å². The van der Waals surface area contributed by atoms with Gasteiger partial charge in [-0.05, 0) is 29.8 Å². The normalized spacial score (nSPS) is 10.2. The van der Waals surface area contributed by atoms with E-state index in [1.165, 1.54) is 0 Å². The van der Waals surface area contributed by atoms with Gasteiger partial charge in [-0.2, -0.15) is 0 Å². The monoisotopic (exact) mass is 304 g/mol. The zero-order chi connectivity index (χ0) is 16.2. The van der Waals surface area contributed by atoms with E-state index in [-0.39, 0.29) is 6.61 Å². The Morgan fingerprint density at radius 1 is 1.13 bits per heavy atom. The molecule has 0 aliphatic heterocycles. The van der Waals surface area contributed by atoms with E-state index < -0.39 is 11.6 Å². The Hall–Kier alpha value is -3.32. The summed E-state index contributed by atoms with van der Waals surface area (Å²) >= 11 is 0. The van der Waals surface area contributed by atoms with Crippen LogP contribution in [-0.4, -0.2) is 12.6 Å². The van der Waals surface area contributed by atoms with E-state index >= 15 is 0 Å². The van der Waals surface area contributed by atoms with Crippen molar-refractivity contribution in [1.29, 1.82) is 0 Å². The number of para-hydroxylation sites is 1. The molecule has 3 aromatic rings. The third kappa shape index (κ3) is 2.99. The van der Waals surface area contributed by atoms with Gasteiger partial charge in [0, 0.05) is 5.39 Å². The summed E-state index contributed by atoms with van der Waals surface area (Å²) in [4.78, 5) is 24.0. The number of rotatable bonds is 3. The fraction of sp³-hybridized carbons (Fsp3) is 0.0526. The van der Waals surface area contributed by atoms with Crippen molar-refractivity contribution >= 4 is 16.9 Å². The molecule has 4 heteroatoms. The predicted octanol–water partition coefficient (Wildman–Crippen LogP) is 3.25. The average molecular weight is 304 g/mol. The summed E-state index contributed by atoms with van der Waals surface area (Å²) in [5.74, 6) is 1.70. The van der Waals surface area contributed by atoms with Gasteiger partial charge in [0.15, 0.2) is 6.61 Å².